The average molecular weight is 364 g/mol. The molecular weight excluding hydrogens is 351 g/mol. The van der Waals surface area contributed by atoms with Crippen LogP contribution in [0.1, 0.15) is 16.5 Å². The molecule has 0 radical (unpaired) electrons. The zero-order valence-corrected chi connectivity index (χ0v) is 12.9. The minimum Gasteiger partial charge on any atom is -0.302 e. The van der Waals surface area contributed by atoms with E-state index in [9.17, 15) is 13.2 Å². The quantitative estimate of drug-likeness (QED) is 0.792. The number of hydrogen-bond acceptors (Lipinski definition) is 2. The highest BCUT2D eigenvalue weighted by molar-refractivity contribution is 9.11. The van der Waals surface area contributed by atoms with Crippen LogP contribution in [-0.2, 0) is 6.42 Å². The molecule has 1 nitrogen and oxygen atoms in total. The van der Waals surface area contributed by atoms with E-state index in [1.165, 1.54) is 23.5 Å². The van der Waals surface area contributed by atoms with Gasteiger partial charge in [0.25, 0.3) is 0 Å². The van der Waals surface area contributed by atoms with Gasteiger partial charge in [-0.3, -0.25) is 0 Å². The molecule has 0 spiro atoms. The van der Waals surface area contributed by atoms with Crippen LogP contribution in [0.2, 0.25) is 0 Å². The molecule has 0 bridgehead atoms. The molecule has 2 rings (SSSR count). The first-order chi connectivity index (χ1) is 9.47. The number of thiophene rings is 1. The molecule has 1 aromatic carbocycles. The van der Waals surface area contributed by atoms with Crippen molar-refractivity contribution in [3.05, 3.63) is 56.7 Å². The second kappa shape index (κ2) is 6.74. The fraction of sp³-hybridized carbons (Fsp3) is 0.286. The Balaban J connectivity index is 1.99. The van der Waals surface area contributed by atoms with Crippen molar-refractivity contribution in [3.8, 4) is 0 Å². The summed E-state index contributed by atoms with van der Waals surface area (Å²) in [6.45, 7) is 0.284. The first kappa shape index (κ1) is 15.5. The van der Waals surface area contributed by atoms with Gasteiger partial charge in [-0.25, -0.2) is 0 Å². The van der Waals surface area contributed by atoms with Gasteiger partial charge >= 0.3 is 6.18 Å². The Morgan fingerprint density at radius 3 is 2.35 bits per heavy atom. The Labute approximate surface area is 128 Å². The summed E-state index contributed by atoms with van der Waals surface area (Å²) in [5.74, 6) is 0. The third-order valence-electron chi connectivity index (χ3n) is 2.81. The molecule has 0 fully saturated rings. The molecule has 0 saturated carbocycles. The summed E-state index contributed by atoms with van der Waals surface area (Å²) in [5, 5.41) is 2.60. The van der Waals surface area contributed by atoms with E-state index in [2.05, 4.69) is 21.2 Å². The summed E-state index contributed by atoms with van der Waals surface area (Å²) < 4.78 is 40.2. The second-order valence-electron chi connectivity index (χ2n) is 4.30. The summed E-state index contributed by atoms with van der Waals surface area (Å²) >= 11 is 4.88. The third-order valence-corrected chi connectivity index (χ3v) is 4.49. The van der Waals surface area contributed by atoms with Crippen LogP contribution in [0, 0.1) is 0 Å². The standard InChI is InChI=1S/C14H13BrF3NS/c15-12-7-6-11(20-12)8-9-19-13(14(16,17)18)10-4-2-1-3-5-10/h1-7,13,19H,8-9H2. The maximum absolute atomic E-state index is 13.1. The smallest absolute Gasteiger partial charge is 0.302 e. The summed E-state index contributed by atoms with van der Waals surface area (Å²) in [6.07, 6.45) is -3.72. The third kappa shape index (κ3) is 4.33. The van der Waals surface area contributed by atoms with Crippen LogP contribution in [0.25, 0.3) is 0 Å². The van der Waals surface area contributed by atoms with Crippen molar-refractivity contribution >= 4 is 27.3 Å². The average Bonchev–Trinajstić information content (AvgIpc) is 2.80. The lowest BCUT2D eigenvalue weighted by molar-refractivity contribution is -0.157. The first-order valence-electron chi connectivity index (χ1n) is 6.06. The Morgan fingerprint density at radius 1 is 1.10 bits per heavy atom. The van der Waals surface area contributed by atoms with E-state index in [1.807, 2.05) is 12.1 Å². The van der Waals surface area contributed by atoms with Gasteiger partial charge in [0.15, 0.2) is 0 Å². The Hall–Kier alpha value is -0.850. The van der Waals surface area contributed by atoms with Crippen molar-refractivity contribution in [2.75, 3.05) is 6.54 Å². The fourth-order valence-electron chi connectivity index (χ4n) is 1.89. The van der Waals surface area contributed by atoms with Gasteiger partial charge in [-0.15, -0.1) is 11.3 Å². The summed E-state index contributed by atoms with van der Waals surface area (Å²) in [5.41, 5.74) is 0.243. The maximum atomic E-state index is 13.1. The molecule has 1 N–H and O–H groups in total. The zero-order chi connectivity index (χ0) is 14.6. The number of alkyl halides is 3. The minimum atomic E-state index is -4.29. The predicted octanol–water partition coefficient (Wildman–Crippen LogP) is 4.95. The Morgan fingerprint density at radius 2 is 1.80 bits per heavy atom. The van der Waals surface area contributed by atoms with Crippen molar-refractivity contribution in [2.24, 2.45) is 0 Å². The van der Waals surface area contributed by atoms with Gasteiger partial charge in [0.2, 0.25) is 0 Å². The van der Waals surface area contributed by atoms with Gasteiger partial charge in [-0.2, -0.15) is 13.2 Å². The van der Waals surface area contributed by atoms with Crippen LogP contribution in [0.3, 0.4) is 0 Å². The van der Waals surface area contributed by atoms with Crippen LogP contribution >= 0.6 is 27.3 Å². The lowest BCUT2D eigenvalue weighted by Crippen LogP contribution is -2.35. The van der Waals surface area contributed by atoms with Gasteiger partial charge in [0, 0.05) is 11.4 Å². The zero-order valence-electron chi connectivity index (χ0n) is 10.5. The van der Waals surface area contributed by atoms with E-state index in [0.29, 0.717) is 6.42 Å². The van der Waals surface area contributed by atoms with E-state index in [4.69, 9.17) is 0 Å². The SMILES string of the molecule is FC(F)(F)C(NCCc1ccc(Br)s1)c1ccccc1. The first-order valence-corrected chi connectivity index (χ1v) is 7.67. The second-order valence-corrected chi connectivity index (χ2v) is 6.84. The van der Waals surface area contributed by atoms with E-state index in [1.54, 1.807) is 18.2 Å². The number of benzene rings is 1. The van der Waals surface area contributed by atoms with E-state index in [-0.39, 0.29) is 12.1 Å². The van der Waals surface area contributed by atoms with Gasteiger partial charge in [0.1, 0.15) is 6.04 Å². The molecule has 6 heteroatoms. The van der Waals surface area contributed by atoms with Gasteiger partial charge in [-0.05, 0) is 40.0 Å². The molecule has 0 aliphatic heterocycles. The molecule has 1 unspecified atom stereocenters. The molecule has 1 heterocycles. The van der Waals surface area contributed by atoms with Gasteiger partial charge < -0.3 is 5.32 Å². The van der Waals surface area contributed by atoms with E-state index in [0.717, 1.165) is 8.66 Å². The summed E-state index contributed by atoms with van der Waals surface area (Å²) in [6, 6.07) is 10.1. The Bertz CT molecular complexity index is 539. The van der Waals surface area contributed by atoms with Crippen LogP contribution in [0.5, 0.6) is 0 Å². The van der Waals surface area contributed by atoms with E-state index >= 15 is 0 Å². The van der Waals surface area contributed by atoms with Gasteiger partial charge in [0.05, 0.1) is 3.79 Å². The lowest BCUT2D eigenvalue weighted by Gasteiger charge is -2.22. The van der Waals surface area contributed by atoms with Gasteiger partial charge in [-0.1, -0.05) is 30.3 Å². The highest BCUT2D eigenvalue weighted by atomic mass is 79.9. The van der Waals surface area contributed by atoms with Crippen molar-refractivity contribution < 1.29 is 13.2 Å². The van der Waals surface area contributed by atoms with Crippen molar-refractivity contribution in [3.63, 3.8) is 0 Å². The minimum absolute atomic E-state index is 0.243. The normalized spacial score (nSPS) is 13.4. The summed E-state index contributed by atoms with van der Waals surface area (Å²) in [4.78, 5) is 1.05. The fourth-order valence-corrected chi connectivity index (χ4v) is 3.38. The Kier molecular flexibility index (Phi) is 5.23. The molecule has 0 amide bonds. The topological polar surface area (TPSA) is 12.0 Å². The highest BCUT2D eigenvalue weighted by Gasteiger charge is 2.40. The molecule has 20 heavy (non-hydrogen) atoms. The van der Waals surface area contributed by atoms with Crippen LogP contribution in [-0.4, -0.2) is 12.7 Å². The monoisotopic (exact) mass is 363 g/mol. The van der Waals surface area contributed by atoms with Crippen molar-refractivity contribution in [2.45, 2.75) is 18.6 Å². The van der Waals surface area contributed by atoms with E-state index < -0.39 is 12.2 Å². The molecular formula is C14H13BrF3NS. The lowest BCUT2D eigenvalue weighted by atomic mass is 10.1. The number of nitrogens with one attached hydrogen (secondary N) is 1. The predicted molar refractivity (Wildman–Crippen MR) is 79.0 cm³/mol. The molecule has 1 aromatic heterocycles. The highest BCUT2D eigenvalue weighted by Crippen LogP contribution is 2.32. The molecule has 0 aliphatic carbocycles. The molecule has 0 aliphatic rings. The molecule has 108 valence electrons. The van der Waals surface area contributed by atoms with Crippen LogP contribution in [0.4, 0.5) is 13.2 Å². The van der Waals surface area contributed by atoms with Crippen molar-refractivity contribution in [1.82, 2.24) is 5.32 Å². The molecule has 1 atom stereocenters. The number of hydrogen-bond donors (Lipinski definition) is 1. The van der Waals surface area contributed by atoms with Crippen molar-refractivity contribution in [1.29, 1.82) is 0 Å². The number of halogens is 4. The van der Waals surface area contributed by atoms with Crippen LogP contribution < -0.4 is 5.32 Å². The molecule has 2 aromatic rings. The largest absolute Gasteiger partial charge is 0.407 e. The molecule has 0 saturated heterocycles. The maximum Gasteiger partial charge on any atom is 0.407 e. The summed E-state index contributed by atoms with van der Waals surface area (Å²) in [7, 11) is 0. The number of rotatable bonds is 5. The van der Waals surface area contributed by atoms with Crippen LogP contribution in [0.15, 0.2) is 46.3 Å².